The molecule has 1 unspecified atom stereocenters. The smallest absolute Gasteiger partial charge is 0.416 e. The van der Waals surface area contributed by atoms with Gasteiger partial charge in [-0.05, 0) is 6.07 Å². The van der Waals surface area contributed by atoms with Gasteiger partial charge in [0.15, 0.2) is 6.10 Å². The number of rotatable bonds is 2. The van der Waals surface area contributed by atoms with Gasteiger partial charge in [0.2, 0.25) is 0 Å². The minimum atomic E-state index is -4.62. The van der Waals surface area contributed by atoms with Crippen LogP contribution < -0.4 is 0 Å². The monoisotopic (exact) mass is 234 g/mol. The van der Waals surface area contributed by atoms with E-state index in [0.717, 1.165) is 19.2 Å². The molecule has 0 spiro atoms. The summed E-state index contributed by atoms with van der Waals surface area (Å²) in [4.78, 5) is 11.0. The Morgan fingerprint density at radius 1 is 1.38 bits per heavy atom. The molecule has 0 aromatic heterocycles. The molecule has 0 heterocycles. The molecule has 1 N–H and O–H groups in total. The molecule has 1 rings (SSSR count). The topological polar surface area (TPSA) is 46.5 Å². The molecule has 1 atom stereocenters. The third kappa shape index (κ3) is 2.52. The van der Waals surface area contributed by atoms with Crippen LogP contribution in [0.5, 0.6) is 0 Å². The predicted molar refractivity (Wildman–Crippen MR) is 48.4 cm³/mol. The summed E-state index contributed by atoms with van der Waals surface area (Å²) in [5, 5.41) is 9.36. The summed E-state index contributed by atoms with van der Waals surface area (Å²) in [6, 6.07) is 4.30. The zero-order chi connectivity index (χ0) is 12.3. The molecule has 0 aliphatic heterocycles. The normalized spacial score (nSPS) is 13.3. The van der Waals surface area contributed by atoms with Gasteiger partial charge in [-0.1, -0.05) is 18.2 Å². The van der Waals surface area contributed by atoms with Crippen molar-refractivity contribution >= 4 is 5.97 Å². The number of aliphatic hydroxyl groups excluding tert-OH is 1. The Morgan fingerprint density at radius 2 is 1.94 bits per heavy atom. The van der Waals surface area contributed by atoms with Crippen molar-refractivity contribution in [1.29, 1.82) is 0 Å². The number of benzene rings is 1. The SMILES string of the molecule is COC(=O)C(O)c1ccccc1C(F)(F)F. The lowest BCUT2D eigenvalue weighted by atomic mass is 10.0. The molecule has 0 aliphatic rings. The number of aliphatic hydroxyl groups is 1. The molecule has 16 heavy (non-hydrogen) atoms. The number of halogens is 3. The number of hydrogen-bond donors (Lipinski definition) is 1. The van der Waals surface area contributed by atoms with E-state index < -0.39 is 29.4 Å². The van der Waals surface area contributed by atoms with E-state index in [1.165, 1.54) is 12.1 Å². The molecule has 0 fully saturated rings. The first-order valence-corrected chi connectivity index (χ1v) is 4.30. The maximum atomic E-state index is 12.5. The van der Waals surface area contributed by atoms with Crippen LogP contribution in [0.15, 0.2) is 24.3 Å². The first-order valence-electron chi connectivity index (χ1n) is 4.30. The van der Waals surface area contributed by atoms with Crippen molar-refractivity contribution in [3.05, 3.63) is 35.4 Å². The second-order valence-electron chi connectivity index (χ2n) is 3.01. The van der Waals surface area contributed by atoms with Crippen LogP contribution in [-0.2, 0) is 15.7 Å². The van der Waals surface area contributed by atoms with Crippen molar-refractivity contribution in [1.82, 2.24) is 0 Å². The van der Waals surface area contributed by atoms with E-state index in [4.69, 9.17) is 0 Å². The van der Waals surface area contributed by atoms with Gasteiger partial charge in [0.25, 0.3) is 0 Å². The first-order chi connectivity index (χ1) is 7.38. The summed E-state index contributed by atoms with van der Waals surface area (Å²) in [5.41, 5.74) is -1.56. The lowest BCUT2D eigenvalue weighted by Crippen LogP contribution is -2.18. The number of carbonyl (C=O) groups is 1. The number of ether oxygens (including phenoxy) is 1. The van der Waals surface area contributed by atoms with E-state index >= 15 is 0 Å². The van der Waals surface area contributed by atoms with Crippen LogP contribution in [0.2, 0.25) is 0 Å². The first kappa shape index (κ1) is 12.5. The maximum absolute atomic E-state index is 12.5. The van der Waals surface area contributed by atoms with Gasteiger partial charge in [-0.2, -0.15) is 13.2 Å². The Hall–Kier alpha value is -1.56. The minimum Gasteiger partial charge on any atom is -0.467 e. The lowest BCUT2D eigenvalue weighted by Gasteiger charge is -2.15. The quantitative estimate of drug-likeness (QED) is 0.795. The van der Waals surface area contributed by atoms with Crippen molar-refractivity contribution in [2.45, 2.75) is 12.3 Å². The third-order valence-corrected chi connectivity index (χ3v) is 1.99. The number of hydrogen-bond acceptors (Lipinski definition) is 3. The van der Waals surface area contributed by atoms with E-state index in [0.29, 0.717) is 0 Å². The zero-order valence-corrected chi connectivity index (χ0v) is 8.28. The van der Waals surface area contributed by atoms with Gasteiger partial charge in [-0.25, -0.2) is 4.79 Å². The van der Waals surface area contributed by atoms with Crippen LogP contribution in [0, 0.1) is 0 Å². The van der Waals surface area contributed by atoms with Crippen molar-refractivity contribution in [3.8, 4) is 0 Å². The van der Waals surface area contributed by atoms with E-state index in [9.17, 15) is 23.1 Å². The largest absolute Gasteiger partial charge is 0.467 e. The van der Waals surface area contributed by atoms with Crippen molar-refractivity contribution in [2.24, 2.45) is 0 Å². The van der Waals surface area contributed by atoms with Crippen LogP contribution in [0.3, 0.4) is 0 Å². The average Bonchev–Trinajstić information content (AvgIpc) is 2.26. The Morgan fingerprint density at radius 3 is 2.44 bits per heavy atom. The zero-order valence-electron chi connectivity index (χ0n) is 8.28. The Labute approximate surface area is 89.5 Å². The highest BCUT2D eigenvalue weighted by atomic mass is 19.4. The molecular weight excluding hydrogens is 225 g/mol. The van der Waals surface area contributed by atoms with E-state index in [1.54, 1.807) is 0 Å². The van der Waals surface area contributed by atoms with E-state index in [2.05, 4.69) is 4.74 Å². The summed E-state index contributed by atoms with van der Waals surface area (Å²) >= 11 is 0. The predicted octanol–water partition coefficient (Wildman–Crippen LogP) is 1.91. The second kappa shape index (κ2) is 4.52. The van der Waals surface area contributed by atoms with E-state index in [1.807, 2.05) is 0 Å². The summed E-state index contributed by atoms with van der Waals surface area (Å²) < 4.78 is 41.7. The molecule has 0 saturated heterocycles. The third-order valence-electron chi connectivity index (χ3n) is 1.99. The van der Waals surface area contributed by atoms with Crippen LogP contribution >= 0.6 is 0 Å². The molecule has 0 saturated carbocycles. The summed E-state index contributed by atoms with van der Waals surface area (Å²) in [6.07, 6.45) is -6.55. The molecule has 0 bridgehead atoms. The minimum absolute atomic E-state index is 0.512. The second-order valence-corrected chi connectivity index (χ2v) is 3.01. The highest BCUT2D eigenvalue weighted by Crippen LogP contribution is 2.34. The molecule has 0 aliphatic carbocycles. The number of carbonyl (C=O) groups excluding carboxylic acids is 1. The highest BCUT2D eigenvalue weighted by Gasteiger charge is 2.36. The molecule has 6 heteroatoms. The van der Waals surface area contributed by atoms with Crippen LogP contribution in [-0.4, -0.2) is 18.2 Å². The van der Waals surface area contributed by atoms with Gasteiger partial charge in [0.05, 0.1) is 12.7 Å². The van der Waals surface area contributed by atoms with Gasteiger partial charge in [0.1, 0.15) is 0 Å². The fraction of sp³-hybridized carbons (Fsp3) is 0.300. The van der Waals surface area contributed by atoms with Gasteiger partial charge in [0, 0.05) is 5.56 Å². The Bertz CT molecular complexity index is 387. The summed E-state index contributed by atoms with van der Waals surface area (Å²) in [7, 11) is 0.988. The number of methoxy groups -OCH3 is 1. The Balaban J connectivity index is 3.19. The van der Waals surface area contributed by atoms with Gasteiger partial charge >= 0.3 is 12.1 Å². The van der Waals surface area contributed by atoms with Gasteiger partial charge < -0.3 is 9.84 Å². The maximum Gasteiger partial charge on any atom is 0.416 e. The Kier molecular flexibility index (Phi) is 3.54. The lowest BCUT2D eigenvalue weighted by molar-refractivity contribution is -0.152. The van der Waals surface area contributed by atoms with Crippen molar-refractivity contribution in [3.63, 3.8) is 0 Å². The molecule has 1 aromatic carbocycles. The number of alkyl halides is 3. The molecule has 0 radical (unpaired) electrons. The molecule has 1 aromatic rings. The fourth-order valence-corrected chi connectivity index (χ4v) is 1.23. The molecule has 3 nitrogen and oxygen atoms in total. The summed E-state index contributed by atoms with van der Waals surface area (Å²) in [6.45, 7) is 0. The van der Waals surface area contributed by atoms with Gasteiger partial charge in [-0.15, -0.1) is 0 Å². The molecule has 88 valence electrons. The highest BCUT2D eigenvalue weighted by molar-refractivity contribution is 5.76. The average molecular weight is 234 g/mol. The molecular formula is C10H9F3O3. The van der Waals surface area contributed by atoms with Crippen LogP contribution in [0.1, 0.15) is 17.2 Å². The van der Waals surface area contributed by atoms with E-state index in [-0.39, 0.29) is 0 Å². The van der Waals surface area contributed by atoms with Crippen LogP contribution in [0.25, 0.3) is 0 Å². The van der Waals surface area contributed by atoms with Gasteiger partial charge in [-0.3, -0.25) is 0 Å². The number of esters is 1. The van der Waals surface area contributed by atoms with Crippen molar-refractivity contribution in [2.75, 3.05) is 7.11 Å². The van der Waals surface area contributed by atoms with Crippen molar-refractivity contribution < 1.29 is 27.8 Å². The van der Waals surface area contributed by atoms with Crippen LogP contribution in [0.4, 0.5) is 13.2 Å². The molecule has 0 amide bonds. The standard InChI is InChI=1S/C10H9F3O3/c1-16-9(15)8(14)6-4-2-3-5-7(6)10(11,12)13/h2-5,8,14H,1H3. The fourth-order valence-electron chi connectivity index (χ4n) is 1.23. The summed E-state index contributed by atoms with van der Waals surface area (Å²) in [5.74, 6) is -1.13.